The fraction of sp³-hybridized carbons (Fsp3) is 0.200. The van der Waals surface area contributed by atoms with Crippen LogP contribution in [-0.2, 0) is 0 Å². The molecule has 1 N–H and O–H groups in total. The van der Waals surface area contributed by atoms with Crippen LogP contribution in [0.5, 0.6) is 0 Å². The SMILES string of the molecule is Cc1c[nH]c2ccc(C(F)F)cc12. The van der Waals surface area contributed by atoms with E-state index in [-0.39, 0.29) is 5.56 Å². The highest BCUT2D eigenvalue weighted by Crippen LogP contribution is 2.24. The van der Waals surface area contributed by atoms with Crippen LogP contribution in [0.1, 0.15) is 17.6 Å². The van der Waals surface area contributed by atoms with E-state index in [9.17, 15) is 8.78 Å². The van der Waals surface area contributed by atoms with Gasteiger partial charge in [0.2, 0.25) is 0 Å². The minimum absolute atomic E-state index is 0.0789. The van der Waals surface area contributed by atoms with Crippen LogP contribution in [0.3, 0.4) is 0 Å². The molecule has 0 saturated heterocycles. The van der Waals surface area contributed by atoms with Crippen molar-refractivity contribution < 1.29 is 8.78 Å². The first-order valence-electron chi connectivity index (χ1n) is 4.04. The number of alkyl halides is 2. The molecule has 68 valence electrons. The van der Waals surface area contributed by atoms with Gasteiger partial charge >= 0.3 is 0 Å². The third-order valence-electron chi connectivity index (χ3n) is 2.16. The highest BCUT2D eigenvalue weighted by Gasteiger charge is 2.08. The van der Waals surface area contributed by atoms with Gasteiger partial charge in [0.25, 0.3) is 6.43 Å². The molecule has 0 bridgehead atoms. The zero-order valence-electron chi connectivity index (χ0n) is 7.14. The summed E-state index contributed by atoms with van der Waals surface area (Å²) >= 11 is 0. The molecule has 0 unspecified atom stereocenters. The Morgan fingerprint density at radius 1 is 1.31 bits per heavy atom. The first kappa shape index (κ1) is 8.23. The molecule has 1 nitrogen and oxygen atoms in total. The number of rotatable bonds is 1. The molecule has 1 aromatic carbocycles. The average molecular weight is 181 g/mol. The second-order valence-electron chi connectivity index (χ2n) is 3.08. The van der Waals surface area contributed by atoms with Crippen molar-refractivity contribution in [3.05, 3.63) is 35.5 Å². The lowest BCUT2D eigenvalue weighted by atomic mass is 10.1. The lowest BCUT2D eigenvalue weighted by Crippen LogP contribution is -1.82. The number of aryl methyl sites for hydroxylation is 1. The van der Waals surface area contributed by atoms with Crippen LogP contribution in [0.4, 0.5) is 8.78 Å². The maximum atomic E-state index is 12.3. The van der Waals surface area contributed by atoms with Crippen LogP contribution < -0.4 is 0 Å². The average Bonchev–Trinajstić information content (AvgIpc) is 2.47. The molecule has 0 aliphatic carbocycles. The lowest BCUT2D eigenvalue weighted by molar-refractivity contribution is 0.151. The Morgan fingerprint density at radius 3 is 2.77 bits per heavy atom. The molecule has 0 fully saturated rings. The zero-order valence-corrected chi connectivity index (χ0v) is 7.14. The van der Waals surface area contributed by atoms with E-state index in [0.29, 0.717) is 0 Å². The maximum Gasteiger partial charge on any atom is 0.263 e. The summed E-state index contributed by atoms with van der Waals surface area (Å²) in [7, 11) is 0. The van der Waals surface area contributed by atoms with E-state index in [4.69, 9.17) is 0 Å². The first-order valence-corrected chi connectivity index (χ1v) is 4.04. The third kappa shape index (κ3) is 1.30. The van der Waals surface area contributed by atoms with Crippen LogP contribution in [0.25, 0.3) is 10.9 Å². The molecule has 0 spiro atoms. The highest BCUT2D eigenvalue weighted by molar-refractivity contribution is 5.83. The van der Waals surface area contributed by atoms with Gasteiger partial charge in [0.05, 0.1) is 0 Å². The highest BCUT2D eigenvalue weighted by atomic mass is 19.3. The quantitative estimate of drug-likeness (QED) is 0.693. The van der Waals surface area contributed by atoms with Crippen LogP contribution in [0.2, 0.25) is 0 Å². The third-order valence-corrected chi connectivity index (χ3v) is 2.16. The summed E-state index contributed by atoms with van der Waals surface area (Å²) in [5.74, 6) is 0. The number of aromatic amines is 1. The monoisotopic (exact) mass is 181 g/mol. The standard InChI is InChI=1S/C10H9F2N/c1-6-5-13-9-3-2-7(10(11)12)4-8(6)9/h2-5,10,13H,1H3. The number of H-pyrrole nitrogens is 1. The molecule has 2 rings (SSSR count). The molecular weight excluding hydrogens is 172 g/mol. The Kier molecular flexibility index (Phi) is 1.79. The molecule has 1 heterocycles. The summed E-state index contributed by atoms with van der Waals surface area (Å²) in [6.07, 6.45) is -0.571. The Labute approximate surface area is 74.4 Å². The fourth-order valence-corrected chi connectivity index (χ4v) is 1.41. The first-order chi connectivity index (χ1) is 6.18. The Hall–Kier alpha value is -1.38. The molecule has 2 aromatic rings. The van der Waals surface area contributed by atoms with E-state index >= 15 is 0 Å². The van der Waals surface area contributed by atoms with E-state index in [1.165, 1.54) is 12.1 Å². The van der Waals surface area contributed by atoms with Crippen LogP contribution >= 0.6 is 0 Å². The van der Waals surface area contributed by atoms with Crippen molar-refractivity contribution in [3.63, 3.8) is 0 Å². The summed E-state index contributed by atoms with van der Waals surface area (Å²) in [4.78, 5) is 3.01. The molecule has 0 aliphatic heterocycles. The van der Waals surface area contributed by atoms with Gasteiger partial charge in [-0.25, -0.2) is 8.78 Å². The zero-order chi connectivity index (χ0) is 9.42. The predicted octanol–water partition coefficient (Wildman–Crippen LogP) is 3.41. The number of halogens is 2. The Balaban J connectivity index is 2.66. The smallest absolute Gasteiger partial charge is 0.263 e. The molecular formula is C10H9F2N. The largest absolute Gasteiger partial charge is 0.361 e. The Morgan fingerprint density at radius 2 is 2.08 bits per heavy atom. The van der Waals surface area contributed by atoms with E-state index in [1.807, 2.05) is 13.1 Å². The summed E-state index contributed by atoms with van der Waals surface area (Å²) in [5.41, 5.74) is 1.98. The number of aromatic nitrogens is 1. The van der Waals surface area contributed by atoms with Crippen molar-refractivity contribution in [1.82, 2.24) is 4.98 Å². The molecule has 3 heteroatoms. The normalized spacial score (nSPS) is 11.4. The molecule has 0 radical (unpaired) electrons. The molecule has 1 aromatic heterocycles. The molecule has 0 amide bonds. The van der Waals surface area contributed by atoms with Crippen LogP contribution in [0, 0.1) is 6.92 Å². The van der Waals surface area contributed by atoms with Crippen LogP contribution in [-0.4, -0.2) is 4.98 Å². The van der Waals surface area contributed by atoms with Gasteiger partial charge in [-0.2, -0.15) is 0 Å². The molecule has 0 atom stereocenters. The fourth-order valence-electron chi connectivity index (χ4n) is 1.41. The van der Waals surface area contributed by atoms with Crippen molar-refractivity contribution in [3.8, 4) is 0 Å². The molecule has 0 saturated carbocycles. The van der Waals surface area contributed by atoms with E-state index < -0.39 is 6.43 Å². The van der Waals surface area contributed by atoms with Gasteiger partial charge in [0, 0.05) is 22.7 Å². The number of benzene rings is 1. The van der Waals surface area contributed by atoms with Crippen molar-refractivity contribution >= 4 is 10.9 Å². The minimum atomic E-state index is -2.39. The summed E-state index contributed by atoms with van der Waals surface area (Å²) in [6, 6.07) is 4.67. The van der Waals surface area contributed by atoms with Gasteiger partial charge in [-0.3, -0.25) is 0 Å². The van der Waals surface area contributed by atoms with Crippen molar-refractivity contribution in [1.29, 1.82) is 0 Å². The maximum absolute atomic E-state index is 12.3. The van der Waals surface area contributed by atoms with Crippen molar-refractivity contribution in [2.24, 2.45) is 0 Å². The number of hydrogen-bond donors (Lipinski definition) is 1. The lowest BCUT2D eigenvalue weighted by Gasteiger charge is -1.99. The number of fused-ring (bicyclic) bond motifs is 1. The van der Waals surface area contributed by atoms with Gasteiger partial charge in [-0.15, -0.1) is 0 Å². The van der Waals surface area contributed by atoms with E-state index in [2.05, 4.69) is 4.98 Å². The summed E-state index contributed by atoms with van der Waals surface area (Å²) in [5, 5.41) is 0.873. The van der Waals surface area contributed by atoms with Crippen LogP contribution in [0.15, 0.2) is 24.4 Å². The van der Waals surface area contributed by atoms with E-state index in [0.717, 1.165) is 16.5 Å². The second kappa shape index (κ2) is 2.83. The van der Waals surface area contributed by atoms with Crippen molar-refractivity contribution in [2.45, 2.75) is 13.3 Å². The number of nitrogens with one attached hydrogen (secondary N) is 1. The van der Waals surface area contributed by atoms with Gasteiger partial charge in [-0.05, 0) is 24.6 Å². The molecule has 13 heavy (non-hydrogen) atoms. The summed E-state index contributed by atoms with van der Waals surface area (Å²) in [6.45, 7) is 1.90. The second-order valence-corrected chi connectivity index (χ2v) is 3.08. The van der Waals surface area contributed by atoms with Gasteiger partial charge < -0.3 is 4.98 Å². The minimum Gasteiger partial charge on any atom is -0.361 e. The topological polar surface area (TPSA) is 15.8 Å². The molecule has 0 aliphatic rings. The predicted molar refractivity (Wildman–Crippen MR) is 48.0 cm³/mol. The van der Waals surface area contributed by atoms with Gasteiger partial charge in [0.15, 0.2) is 0 Å². The van der Waals surface area contributed by atoms with Crippen molar-refractivity contribution in [2.75, 3.05) is 0 Å². The van der Waals surface area contributed by atoms with Gasteiger partial charge in [0.1, 0.15) is 0 Å². The summed E-state index contributed by atoms with van der Waals surface area (Å²) < 4.78 is 24.6. The van der Waals surface area contributed by atoms with E-state index in [1.54, 1.807) is 6.07 Å². The number of hydrogen-bond acceptors (Lipinski definition) is 0. The van der Waals surface area contributed by atoms with Gasteiger partial charge in [-0.1, -0.05) is 6.07 Å². The Bertz CT molecular complexity index is 431.